The topological polar surface area (TPSA) is 58.1 Å². The highest BCUT2D eigenvalue weighted by Gasteiger charge is 2.34. The predicted octanol–water partition coefficient (Wildman–Crippen LogP) is 2.76. The molecular weight excluding hydrogens is 363 g/mol. The fourth-order valence-electron chi connectivity index (χ4n) is 3.58. The summed E-state index contributed by atoms with van der Waals surface area (Å²) in [7, 11) is 1.60. The van der Waals surface area contributed by atoms with Gasteiger partial charge in [0.2, 0.25) is 0 Å². The molecule has 3 heterocycles. The zero-order chi connectivity index (χ0) is 19.7. The SMILES string of the molecule is COc1ccc2c(c1)OCC(C)N2C(=O)N1CCN(c2ccc(F)cn2)CC1. The van der Waals surface area contributed by atoms with Crippen molar-refractivity contribution in [3.05, 3.63) is 42.3 Å². The Kier molecular flexibility index (Phi) is 4.93. The largest absolute Gasteiger partial charge is 0.497 e. The molecule has 2 aromatic rings. The van der Waals surface area contributed by atoms with Gasteiger partial charge in [-0.3, -0.25) is 4.90 Å². The van der Waals surface area contributed by atoms with E-state index >= 15 is 0 Å². The van der Waals surface area contributed by atoms with E-state index in [0.717, 1.165) is 11.5 Å². The number of hydrogen-bond acceptors (Lipinski definition) is 5. The molecule has 1 atom stereocenters. The second-order valence-corrected chi connectivity index (χ2v) is 6.95. The first-order valence-electron chi connectivity index (χ1n) is 9.32. The highest BCUT2D eigenvalue weighted by Crippen LogP contribution is 2.37. The Morgan fingerprint density at radius 3 is 2.68 bits per heavy atom. The Balaban J connectivity index is 1.47. The number of halogens is 1. The van der Waals surface area contributed by atoms with Crippen LogP contribution in [0.15, 0.2) is 36.5 Å². The molecule has 7 nitrogen and oxygen atoms in total. The van der Waals surface area contributed by atoms with Crippen LogP contribution in [0.1, 0.15) is 6.92 Å². The van der Waals surface area contributed by atoms with E-state index < -0.39 is 0 Å². The highest BCUT2D eigenvalue weighted by atomic mass is 19.1. The summed E-state index contributed by atoms with van der Waals surface area (Å²) < 4.78 is 24.1. The molecule has 2 aliphatic rings. The van der Waals surface area contributed by atoms with E-state index in [1.807, 2.05) is 24.0 Å². The molecule has 1 unspecified atom stereocenters. The molecular formula is C20H23FN4O3. The molecule has 0 radical (unpaired) electrons. The number of fused-ring (bicyclic) bond motifs is 1. The van der Waals surface area contributed by atoms with Crippen molar-refractivity contribution in [3.8, 4) is 11.5 Å². The van der Waals surface area contributed by atoms with Crippen LogP contribution >= 0.6 is 0 Å². The van der Waals surface area contributed by atoms with Gasteiger partial charge in [0.25, 0.3) is 0 Å². The van der Waals surface area contributed by atoms with Gasteiger partial charge in [0.05, 0.1) is 25.0 Å². The van der Waals surface area contributed by atoms with Crippen molar-refractivity contribution in [1.82, 2.24) is 9.88 Å². The molecule has 8 heteroatoms. The number of anilines is 2. The number of ether oxygens (including phenoxy) is 2. The number of carbonyl (C=O) groups excluding carboxylic acids is 1. The van der Waals surface area contributed by atoms with Crippen LogP contribution in [-0.4, -0.2) is 61.9 Å². The molecule has 28 heavy (non-hydrogen) atoms. The molecule has 0 saturated carbocycles. The van der Waals surface area contributed by atoms with Crippen molar-refractivity contribution in [2.75, 3.05) is 49.7 Å². The van der Waals surface area contributed by atoms with E-state index in [1.54, 1.807) is 24.1 Å². The second kappa shape index (κ2) is 7.53. The average Bonchev–Trinajstić information content (AvgIpc) is 2.73. The normalized spacial score (nSPS) is 19.1. The first kappa shape index (κ1) is 18.3. The number of benzene rings is 1. The lowest BCUT2D eigenvalue weighted by atomic mass is 10.1. The predicted molar refractivity (Wildman–Crippen MR) is 104 cm³/mol. The van der Waals surface area contributed by atoms with Gasteiger partial charge in [-0.1, -0.05) is 0 Å². The van der Waals surface area contributed by atoms with E-state index in [9.17, 15) is 9.18 Å². The summed E-state index contributed by atoms with van der Waals surface area (Å²) in [6.45, 7) is 4.87. The maximum Gasteiger partial charge on any atom is 0.325 e. The van der Waals surface area contributed by atoms with Gasteiger partial charge in [0.15, 0.2) is 0 Å². The van der Waals surface area contributed by atoms with E-state index in [2.05, 4.69) is 9.88 Å². The number of urea groups is 1. The fourth-order valence-corrected chi connectivity index (χ4v) is 3.58. The first-order valence-corrected chi connectivity index (χ1v) is 9.32. The molecule has 0 N–H and O–H groups in total. The number of pyridine rings is 1. The number of rotatable bonds is 2. The molecule has 4 rings (SSSR count). The minimum atomic E-state index is -0.353. The third kappa shape index (κ3) is 3.42. The summed E-state index contributed by atoms with van der Waals surface area (Å²) in [5.74, 6) is 1.72. The quantitative estimate of drug-likeness (QED) is 0.794. The van der Waals surface area contributed by atoms with Crippen molar-refractivity contribution < 1.29 is 18.7 Å². The summed E-state index contributed by atoms with van der Waals surface area (Å²) in [6, 6.07) is 8.47. The number of nitrogens with zero attached hydrogens (tertiary/aromatic N) is 4. The van der Waals surface area contributed by atoms with Crippen LogP contribution in [0.5, 0.6) is 11.5 Å². The van der Waals surface area contributed by atoms with Crippen molar-refractivity contribution in [1.29, 1.82) is 0 Å². The van der Waals surface area contributed by atoms with Gasteiger partial charge in [0.1, 0.15) is 29.7 Å². The fraction of sp³-hybridized carbons (Fsp3) is 0.400. The summed E-state index contributed by atoms with van der Waals surface area (Å²) in [4.78, 5) is 23.1. The molecule has 1 fully saturated rings. The van der Waals surface area contributed by atoms with Crippen LogP contribution in [0.25, 0.3) is 0 Å². The second-order valence-electron chi connectivity index (χ2n) is 6.95. The minimum Gasteiger partial charge on any atom is -0.497 e. The van der Waals surface area contributed by atoms with Gasteiger partial charge >= 0.3 is 6.03 Å². The summed E-state index contributed by atoms with van der Waals surface area (Å²) in [5.41, 5.74) is 0.757. The third-order valence-electron chi connectivity index (χ3n) is 5.14. The smallest absolute Gasteiger partial charge is 0.325 e. The Labute approximate surface area is 163 Å². The Hall–Kier alpha value is -3.03. The first-order chi connectivity index (χ1) is 13.6. The zero-order valence-corrected chi connectivity index (χ0v) is 16.0. The number of piperazine rings is 1. The lowest BCUT2D eigenvalue weighted by Gasteiger charge is -2.41. The van der Waals surface area contributed by atoms with E-state index in [4.69, 9.17) is 9.47 Å². The van der Waals surface area contributed by atoms with Gasteiger partial charge in [-0.25, -0.2) is 14.2 Å². The van der Waals surface area contributed by atoms with Gasteiger partial charge in [-0.15, -0.1) is 0 Å². The van der Waals surface area contributed by atoms with Gasteiger partial charge in [-0.2, -0.15) is 0 Å². The van der Waals surface area contributed by atoms with Crippen molar-refractivity contribution in [2.24, 2.45) is 0 Å². The Morgan fingerprint density at radius 1 is 1.21 bits per heavy atom. The molecule has 0 spiro atoms. The Bertz CT molecular complexity index is 853. The van der Waals surface area contributed by atoms with Crippen LogP contribution < -0.4 is 19.3 Å². The van der Waals surface area contributed by atoms with Crippen molar-refractivity contribution in [2.45, 2.75) is 13.0 Å². The third-order valence-corrected chi connectivity index (χ3v) is 5.14. The summed E-state index contributed by atoms with van der Waals surface area (Å²) >= 11 is 0. The van der Waals surface area contributed by atoms with Crippen LogP contribution in [-0.2, 0) is 0 Å². The molecule has 0 aliphatic carbocycles. The monoisotopic (exact) mass is 386 g/mol. The maximum atomic E-state index is 13.2. The number of methoxy groups -OCH3 is 1. The van der Waals surface area contributed by atoms with Crippen LogP contribution in [0.3, 0.4) is 0 Å². The number of aromatic nitrogens is 1. The van der Waals surface area contributed by atoms with Gasteiger partial charge in [-0.05, 0) is 31.2 Å². The molecule has 1 aromatic heterocycles. The number of carbonyl (C=O) groups is 1. The Morgan fingerprint density at radius 2 is 2.00 bits per heavy atom. The molecule has 148 valence electrons. The highest BCUT2D eigenvalue weighted by molar-refractivity contribution is 5.95. The van der Waals surface area contributed by atoms with E-state index in [-0.39, 0.29) is 17.9 Å². The molecule has 2 amide bonds. The van der Waals surface area contributed by atoms with Crippen molar-refractivity contribution in [3.63, 3.8) is 0 Å². The standard InChI is InChI=1S/C20H23FN4O3/c1-14-13-28-18-11-16(27-2)4-5-17(18)25(14)20(26)24-9-7-23(8-10-24)19-6-3-15(21)12-22-19/h3-6,11-12,14H,7-10,13H2,1-2H3. The molecule has 1 saturated heterocycles. The average molecular weight is 386 g/mol. The number of hydrogen-bond donors (Lipinski definition) is 0. The van der Waals surface area contributed by atoms with E-state index in [0.29, 0.717) is 44.3 Å². The lowest BCUT2D eigenvalue weighted by Crippen LogP contribution is -2.56. The lowest BCUT2D eigenvalue weighted by molar-refractivity contribution is 0.190. The van der Waals surface area contributed by atoms with Crippen LogP contribution in [0.2, 0.25) is 0 Å². The number of amides is 2. The molecule has 0 bridgehead atoms. The van der Waals surface area contributed by atoms with E-state index in [1.165, 1.54) is 12.3 Å². The van der Waals surface area contributed by atoms with Crippen molar-refractivity contribution >= 4 is 17.5 Å². The molecule has 2 aliphatic heterocycles. The zero-order valence-electron chi connectivity index (χ0n) is 16.0. The van der Waals surface area contributed by atoms with Crippen LogP contribution in [0.4, 0.5) is 20.7 Å². The molecule has 1 aromatic carbocycles. The summed E-state index contributed by atoms with van der Waals surface area (Å²) in [5, 5.41) is 0. The maximum absolute atomic E-state index is 13.2. The van der Waals surface area contributed by atoms with Gasteiger partial charge in [0, 0.05) is 32.2 Å². The summed E-state index contributed by atoms with van der Waals surface area (Å²) in [6.07, 6.45) is 1.22. The van der Waals surface area contributed by atoms with Gasteiger partial charge < -0.3 is 19.3 Å². The minimum absolute atomic E-state index is 0.0334. The van der Waals surface area contributed by atoms with Crippen LogP contribution in [0, 0.1) is 5.82 Å².